The standard InChI is InChI=1S/C17H25NO3/c1-13-7-9-17(12-19,10-8-13)18-11-14-5-3-4-6-15(14)16(20)21-2/h3-6,13,18-19H,7-12H2,1-2H3. The third-order valence-corrected chi connectivity index (χ3v) is 4.61. The van der Waals surface area contributed by atoms with E-state index in [9.17, 15) is 9.90 Å². The molecule has 116 valence electrons. The van der Waals surface area contributed by atoms with Gasteiger partial charge in [-0.3, -0.25) is 0 Å². The van der Waals surface area contributed by atoms with Crippen molar-refractivity contribution >= 4 is 5.97 Å². The summed E-state index contributed by atoms with van der Waals surface area (Å²) in [7, 11) is 1.39. The molecule has 1 aromatic rings. The topological polar surface area (TPSA) is 58.6 Å². The van der Waals surface area contributed by atoms with Crippen LogP contribution in [0.3, 0.4) is 0 Å². The molecule has 1 aromatic carbocycles. The zero-order chi connectivity index (χ0) is 15.3. The van der Waals surface area contributed by atoms with Gasteiger partial charge >= 0.3 is 5.97 Å². The van der Waals surface area contributed by atoms with Crippen LogP contribution in [0.5, 0.6) is 0 Å². The van der Waals surface area contributed by atoms with Crippen molar-refractivity contribution in [2.75, 3.05) is 13.7 Å². The summed E-state index contributed by atoms with van der Waals surface area (Å²) in [6.45, 7) is 2.97. The Morgan fingerprint density at radius 1 is 1.38 bits per heavy atom. The molecule has 0 atom stereocenters. The third kappa shape index (κ3) is 3.83. The first-order valence-corrected chi connectivity index (χ1v) is 7.62. The molecule has 0 aromatic heterocycles. The van der Waals surface area contributed by atoms with Gasteiger partial charge < -0.3 is 15.2 Å². The lowest BCUT2D eigenvalue weighted by atomic mass is 9.77. The van der Waals surface area contributed by atoms with Crippen LogP contribution in [0, 0.1) is 5.92 Å². The fourth-order valence-corrected chi connectivity index (χ4v) is 2.97. The third-order valence-electron chi connectivity index (χ3n) is 4.61. The van der Waals surface area contributed by atoms with Crippen LogP contribution < -0.4 is 5.32 Å². The number of benzene rings is 1. The van der Waals surface area contributed by atoms with Crippen LogP contribution in [0.2, 0.25) is 0 Å². The number of aliphatic hydroxyl groups is 1. The summed E-state index contributed by atoms with van der Waals surface area (Å²) in [4.78, 5) is 11.8. The summed E-state index contributed by atoms with van der Waals surface area (Å²) in [5.74, 6) is 0.413. The van der Waals surface area contributed by atoms with Gasteiger partial charge in [0.2, 0.25) is 0 Å². The molecule has 0 bridgehead atoms. The van der Waals surface area contributed by atoms with E-state index in [1.54, 1.807) is 6.07 Å². The van der Waals surface area contributed by atoms with Gasteiger partial charge in [-0.2, -0.15) is 0 Å². The van der Waals surface area contributed by atoms with Gasteiger partial charge in [-0.15, -0.1) is 0 Å². The zero-order valence-electron chi connectivity index (χ0n) is 12.9. The van der Waals surface area contributed by atoms with Crippen molar-refractivity contribution in [2.24, 2.45) is 5.92 Å². The SMILES string of the molecule is COC(=O)c1ccccc1CNC1(CO)CCC(C)CC1. The van der Waals surface area contributed by atoms with E-state index in [1.165, 1.54) is 7.11 Å². The van der Waals surface area contributed by atoms with Gasteiger partial charge in [0.1, 0.15) is 0 Å². The zero-order valence-corrected chi connectivity index (χ0v) is 12.9. The molecular weight excluding hydrogens is 266 g/mol. The highest BCUT2D eigenvalue weighted by Gasteiger charge is 2.33. The van der Waals surface area contributed by atoms with Gasteiger partial charge in [0.25, 0.3) is 0 Å². The highest BCUT2D eigenvalue weighted by atomic mass is 16.5. The highest BCUT2D eigenvalue weighted by Crippen LogP contribution is 2.32. The van der Waals surface area contributed by atoms with Crippen LogP contribution in [0.1, 0.15) is 48.5 Å². The Morgan fingerprint density at radius 2 is 2.05 bits per heavy atom. The Bertz CT molecular complexity index is 479. The largest absolute Gasteiger partial charge is 0.465 e. The summed E-state index contributed by atoms with van der Waals surface area (Å²) in [6.07, 6.45) is 4.22. The van der Waals surface area contributed by atoms with E-state index < -0.39 is 0 Å². The second kappa shape index (κ2) is 7.05. The van der Waals surface area contributed by atoms with Crippen molar-refractivity contribution in [2.45, 2.75) is 44.7 Å². The Balaban J connectivity index is 2.07. The first kappa shape index (κ1) is 16.0. The van der Waals surface area contributed by atoms with Crippen molar-refractivity contribution in [1.29, 1.82) is 0 Å². The van der Waals surface area contributed by atoms with Crippen LogP contribution in [-0.4, -0.2) is 30.3 Å². The minimum Gasteiger partial charge on any atom is -0.465 e. The minimum atomic E-state index is -0.317. The Morgan fingerprint density at radius 3 is 2.67 bits per heavy atom. The van der Waals surface area contributed by atoms with E-state index in [0.29, 0.717) is 12.1 Å². The number of esters is 1. The van der Waals surface area contributed by atoms with Gasteiger partial charge in [-0.25, -0.2) is 4.79 Å². The van der Waals surface area contributed by atoms with Crippen LogP contribution in [-0.2, 0) is 11.3 Å². The summed E-state index contributed by atoms with van der Waals surface area (Å²) < 4.78 is 4.82. The fourth-order valence-electron chi connectivity index (χ4n) is 2.97. The number of methoxy groups -OCH3 is 1. The first-order chi connectivity index (χ1) is 10.1. The van der Waals surface area contributed by atoms with Gasteiger partial charge in [0.15, 0.2) is 0 Å². The van der Waals surface area contributed by atoms with E-state index >= 15 is 0 Å². The summed E-state index contributed by atoms with van der Waals surface area (Å²) in [5.41, 5.74) is 1.29. The number of hydrogen-bond acceptors (Lipinski definition) is 4. The lowest BCUT2D eigenvalue weighted by Gasteiger charge is -2.39. The van der Waals surface area contributed by atoms with Crippen molar-refractivity contribution < 1.29 is 14.6 Å². The molecule has 0 aliphatic heterocycles. The maximum absolute atomic E-state index is 11.8. The molecule has 1 saturated carbocycles. The molecule has 2 N–H and O–H groups in total. The molecule has 1 fully saturated rings. The maximum Gasteiger partial charge on any atom is 0.338 e. The van der Waals surface area contributed by atoms with Crippen LogP contribution in [0.4, 0.5) is 0 Å². The summed E-state index contributed by atoms with van der Waals surface area (Å²) >= 11 is 0. The maximum atomic E-state index is 11.8. The van der Waals surface area contributed by atoms with Crippen molar-refractivity contribution in [1.82, 2.24) is 5.32 Å². The predicted molar refractivity (Wildman–Crippen MR) is 82.1 cm³/mol. The molecule has 21 heavy (non-hydrogen) atoms. The van der Waals surface area contributed by atoms with Gasteiger partial charge in [0.05, 0.1) is 19.3 Å². The van der Waals surface area contributed by atoms with E-state index in [-0.39, 0.29) is 18.1 Å². The molecule has 0 spiro atoms. The molecule has 1 aliphatic carbocycles. The number of carbonyl (C=O) groups is 1. The van der Waals surface area contributed by atoms with E-state index in [2.05, 4.69) is 12.2 Å². The van der Waals surface area contributed by atoms with Gasteiger partial charge in [-0.1, -0.05) is 25.1 Å². The number of rotatable bonds is 5. The number of ether oxygens (including phenoxy) is 1. The second-order valence-corrected chi connectivity index (χ2v) is 6.12. The molecule has 4 heteroatoms. The molecule has 0 heterocycles. The van der Waals surface area contributed by atoms with Crippen LogP contribution >= 0.6 is 0 Å². The quantitative estimate of drug-likeness (QED) is 0.818. The molecule has 0 unspecified atom stereocenters. The van der Waals surface area contributed by atoms with Gasteiger partial charge in [-0.05, 0) is 43.2 Å². The summed E-state index contributed by atoms with van der Waals surface area (Å²) in [6, 6.07) is 7.45. The first-order valence-electron chi connectivity index (χ1n) is 7.62. The van der Waals surface area contributed by atoms with Crippen molar-refractivity contribution in [3.05, 3.63) is 35.4 Å². The minimum absolute atomic E-state index is 0.139. The highest BCUT2D eigenvalue weighted by molar-refractivity contribution is 5.90. The average molecular weight is 291 g/mol. The molecule has 0 amide bonds. The average Bonchev–Trinajstić information content (AvgIpc) is 2.54. The lowest BCUT2D eigenvalue weighted by Crippen LogP contribution is -2.50. The Kier molecular flexibility index (Phi) is 5.37. The Hall–Kier alpha value is -1.39. The number of hydrogen-bond donors (Lipinski definition) is 2. The molecule has 0 saturated heterocycles. The van der Waals surface area contributed by atoms with Gasteiger partial charge in [0, 0.05) is 12.1 Å². The lowest BCUT2D eigenvalue weighted by molar-refractivity contribution is 0.0598. The van der Waals surface area contributed by atoms with Crippen molar-refractivity contribution in [3.8, 4) is 0 Å². The molecule has 2 rings (SSSR count). The normalized spacial score (nSPS) is 25.6. The Labute approximate surface area is 126 Å². The van der Waals surface area contributed by atoms with E-state index in [4.69, 9.17) is 4.74 Å². The molecule has 0 radical (unpaired) electrons. The van der Waals surface area contributed by atoms with Crippen molar-refractivity contribution in [3.63, 3.8) is 0 Å². The molecular formula is C17H25NO3. The number of nitrogens with one attached hydrogen (secondary N) is 1. The monoisotopic (exact) mass is 291 g/mol. The molecule has 4 nitrogen and oxygen atoms in total. The predicted octanol–water partition coefficient (Wildman–Crippen LogP) is 2.50. The number of aliphatic hydroxyl groups excluding tert-OH is 1. The smallest absolute Gasteiger partial charge is 0.338 e. The van der Waals surface area contributed by atoms with E-state index in [0.717, 1.165) is 37.2 Å². The van der Waals surface area contributed by atoms with Crippen LogP contribution in [0.15, 0.2) is 24.3 Å². The molecule has 1 aliphatic rings. The van der Waals surface area contributed by atoms with E-state index in [1.807, 2.05) is 18.2 Å². The fraction of sp³-hybridized carbons (Fsp3) is 0.588. The number of carbonyl (C=O) groups excluding carboxylic acids is 1. The second-order valence-electron chi connectivity index (χ2n) is 6.12. The summed E-state index contributed by atoms with van der Waals surface area (Å²) in [5, 5.41) is 13.3. The van der Waals surface area contributed by atoms with Crippen LogP contribution in [0.25, 0.3) is 0 Å².